The van der Waals surface area contributed by atoms with Gasteiger partial charge in [0.05, 0.1) is 22.2 Å². The maximum Gasteiger partial charge on any atom is 0.311 e. The van der Waals surface area contributed by atoms with Crippen LogP contribution in [0.3, 0.4) is 0 Å². The van der Waals surface area contributed by atoms with Gasteiger partial charge in [-0.1, -0.05) is 17.7 Å². The molecule has 7 heteroatoms. The fourth-order valence-electron chi connectivity index (χ4n) is 1.99. The molecule has 0 aliphatic heterocycles. The first-order valence-electron chi connectivity index (χ1n) is 6.91. The summed E-state index contributed by atoms with van der Waals surface area (Å²) < 4.78 is 5.19. The van der Waals surface area contributed by atoms with Gasteiger partial charge in [-0.05, 0) is 43.7 Å². The molecule has 0 saturated carbocycles. The number of carbonyl (C=O) groups is 1. The summed E-state index contributed by atoms with van der Waals surface area (Å²) in [4.78, 5) is 22.8. The van der Waals surface area contributed by atoms with E-state index in [-0.39, 0.29) is 17.0 Å². The van der Waals surface area contributed by atoms with Crippen molar-refractivity contribution in [1.29, 1.82) is 0 Å². The van der Waals surface area contributed by atoms with Gasteiger partial charge >= 0.3 is 5.69 Å². The fourth-order valence-corrected chi connectivity index (χ4v) is 2.28. The second-order valence-electron chi connectivity index (χ2n) is 4.81. The van der Waals surface area contributed by atoms with Crippen LogP contribution in [0, 0.1) is 17.0 Å². The first-order chi connectivity index (χ1) is 10.9. The molecular formula is C16H15ClN2O4. The highest BCUT2D eigenvalue weighted by atomic mass is 35.5. The van der Waals surface area contributed by atoms with Crippen molar-refractivity contribution in [1.82, 2.24) is 0 Å². The SMILES string of the molecule is CCOc1ccc(C(=O)Nc2ccc(C)cc2Cl)cc1[N+](=O)[O-]. The molecule has 0 aliphatic carbocycles. The van der Waals surface area contributed by atoms with Gasteiger partial charge in [0.15, 0.2) is 5.75 Å². The molecule has 0 heterocycles. The second-order valence-corrected chi connectivity index (χ2v) is 5.22. The highest BCUT2D eigenvalue weighted by molar-refractivity contribution is 6.34. The summed E-state index contributed by atoms with van der Waals surface area (Å²) in [6.45, 7) is 3.91. The highest BCUT2D eigenvalue weighted by Crippen LogP contribution is 2.29. The van der Waals surface area contributed by atoms with Gasteiger partial charge in [-0.25, -0.2) is 0 Å². The van der Waals surface area contributed by atoms with E-state index >= 15 is 0 Å². The van der Waals surface area contributed by atoms with Gasteiger partial charge in [-0.2, -0.15) is 0 Å². The molecule has 0 fully saturated rings. The van der Waals surface area contributed by atoms with Crippen molar-refractivity contribution in [2.75, 3.05) is 11.9 Å². The number of hydrogen-bond donors (Lipinski definition) is 1. The molecule has 6 nitrogen and oxygen atoms in total. The smallest absolute Gasteiger partial charge is 0.311 e. The van der Waals surface area contributed by atoms with Gasteiger partial charge in [0.2, 0.25) is 0 Å². The third-order valence-electron chi connectivity index (χ3n) is 3.09. The largest absolute Gasteiger partial charge is 0.487 e. The molecule has 0 radical (unpaired) electrons. The van der Waals surface area contributed by atoms with Crippen LogP contribution in [0.2, 0.25) is 5.02 Å². The lowest BCUT2D eigenvalue weighted by molar-refractivity contribution is -0.385. The molecule has 2 rings (SSSR count). The Morgan fingerprint density at radius 1 is 1.30 bits per heavy atom. The summed E-state index contributed by atoms with van der Waals surface area (Å²) in [7, 11) is 0. The predicted molar refractivity (Wildman–Crippen MR) is 88.4 cm³/mol. The van der Waals surface area contributed by atoms with Crippen LogP contribution in [0.1, 0.15) is 22.8 Å². The van der Waals surface area contributed by atoms with Crippen molar-refractivity contribution in [3.05, 3.63) is 62.7 Å². The molecule has 0 bridgehead atoms. The Morgan fingerprint density at radius 3 is 2.65 bits per heavy atom. The van der Waals surface area contributed by atoms with E-state index in [4.69, 9.17) is 16.3 Å². The molecule has 2 aromatic carbocycles. The topological polar surface area (TPSA) is 81.5 Å². The Bertz CT molecular complexity index is 762. The van der Waals surface area contributed by atoms with E-state index in [1.807, 2.05) is 13.0 Å². The zero-order valence-electron chi connectivity index (χ0n) is 12.6. The first kappa shape index (κ1) is 16.8. The number of amides is 1. The Kier molecular flexibility index (Phi) is 5.18. The summed E-state index contributed by atoms with van der Waals surface area (Å²) in [6.07, 6.45) is 0. The van der Waals surface area contributed by atoms with Crippen molar-refractivity contribution >= 4 is 28.9 Å². The van der Waals surface area contributed by atoms with Crippen LogP contribution in [0.5, 0.6) is 5.75 Å². The standard InChI is InChI=1S/C16H15ClN2O4/c1-3-23-15-7-5-11(9-14(15)19(21)22)16(20)18-13-6-4-10(2)8-12(13)17/h4-9H,3H2,1-2H3,(H,18,20). The fraction of sp³-hybridized carbons (Fsp3) is 0.188. The molecule has 0 unspecified atom stereocenters. The number of aryl methyl sites for hydroxylation is 1. The third kappa shape index (κ3) is 3.98. The van der Waals surface area contributed by atoms with Crippen LogP contribution >= 0.6 is 11.6 Å². The maximum atomic E-state index is 12.3. The number of nitro groups is 1. The van der Waals surface area contributed by atoms with E-state index in [9.17, 15) is 14.9 Å². The highest BCUT2D eigenvalue weighted by Gasteiger charge is 2.19. The van der Waals surface area contributed by atoms with Gasteiger partial charge in [-0.15, -0.1) is 0 Å². The minimum absolute atomic E-state index is 0.127. The van der Waals surface area contributed by atoms with Crippen LogP contribution in [0.25, 0.3) is 0 Å². The van der Waals surface area contributed by atoms with Gasteiger partial charge in [0.1, 0.15) is 0 Å². The molecule has 0 aliphatic rings. The first-order valence-corrected chi connectivity index (χ1v) is 7.29. The number of benzene rings is 2. The van der Waals surface area contributed by atoms with Crippen molar-refractivity contribution in [3.8, 4) is 5.75 Å². The monoisotopic (exact) mass is 334 g/mol. The predicted octanol–water partition coefficient (Wildman–Crippen LogP) is 4.21. The van der Waals surface area contributed by atoms with Gasteiger partial charge in [0, 0.05) is 11.6 Å². The minimum atomic E-state index is -0.583. The van der Waals surface area contributed by atoms with Crippen LogP contribution in [0.15, 0.2) is 36.4 Å². The Morgan fingerprint density at radius 2 is 2.04 bits per heavy atom. The third-order valence-corrected chi connectivity index (χ3v) is 3.40. The van der Waals surface area contributed by atoms with Crippen LogP contribution < -0.4 is 10.1 Å². The van der Waals surface area contributed by atoms with Crippen LogP contribution in [-0.2, 0) is 0 Å². The van der Waals surface area contributed by atoms with Crippen LogP contribution in [0.4, 0.5) is 11.4 Å². The minimum Gasteiger partial charge on any atom is -0.487 e. The number of carbonyl (C=O) groups excluding carboxylic acids is 1. The van der Waals surface area contributed by atoms with E-state index in [0.717, 1.165) is 5.56 Å². The summed E-state index contributed by atoms with van der Waals surface area (Å²) in [6, 6.07) is 9.27. The van der Waals surface area contributed by atoms with Crippen molar-refractivity contribution < 1.29 is 14.5 Å². The molecule has 0 saturated heterocycles. The Balaban J connectivity index is 2.28. The average molecular weight is 335 g/mol. The van der Waals surface area contributed by atoms with Gasteiger partial charge < -0.3 is 10.1 Å². The summed E-state index contributed by atoms with van der Waals surface area (Å²) in [5.41, 5.74) is 1.30. The van der Waals surface area contributed by atoms with E-state index in [1.54, 1.807) is 19.1 Å². The number of rotatable bonds is 5. The molecule has 23 heavy (non-hydrogen) atoms. The number of anilines is 1. The zero-order valence-corrected chi connectivity index (χ0v) is 13.4. The molecule has 0 spiro atoms. The van der Waals surface area contributed by atoms with Crippen LogP contribution in [-0.4, -0.2) is 17.4 Å². The summed E-state index contributed by atoms with van der Waals surface area (Å²) in [5.74, 6) is -0.357. The quantitative estimate of drug-likeness (QED) is 0.656. The molecule has 1 N–H and O–H groups in total. The molecular weight excluding hydrogens is 320 g/mol. The second kappa shape index (κ2) is 7.11. The number of nitrogens with one attached hydrogen (secondary N) is 1. The molecule has 120 valence electrons. The van der Waals surface area contributed by atoms with Crippen molar-refractivity contribution in [3.63, 3.8) is 0 Å². The molecule has 0 atom stereocenters. The normalized spacial score (nSPS) is 10.2. The van der Waals surface area contributed by atoms with E-state index in [0.29, 0.717) is 17.3 Å². The number of nitrogens with zero attached hydrogens (tertiary/aromatic N) is 1. The average Bonchev–Trinajstić information content (AvgIpc) is 2.50. The maximum absolute atomic E-state index is 12.3. The number of halogens is 1. The Hall–Kier alpha value is -2.60. The van der Waals surface area contributed by atoms with Gasteiger partial charge in [0.25, 0.3) is 5.91 Å². The number of hydrogen-bond acceptors (Lipinski definition) is 4. The lowest BCUT2D eigenvalue weighted by atomic mass is 10.1. The number of ether oxygens (including phenoxy) is 1. The van der Waals surface area contributed by atoms with Crippen molar-refractivity contribution in [2.45, 2.75) is 13.8 Å². The summed E-state index contributed by atoms with van der Waals surface area (Å²) >= 11 is 6.07. The lowest BCUT2D eigenvalue weighted by Crippen LogP contribution is -2.13. The lowest BCUT2D eigenvalue weighted by Gasteiger charge is -2.09. The van der Waals surface area contributed by atoms with E-state index < -0.39 is 10.8 Å². The van der Waals surface area contributed by atoms with Crippen molar-refractivity contribution in [2.24, 2.45) is 0 Å². The zero-order chi connectivity index (χ0) is 17.0. The summed E-state index contributed by atoms with van der Waals surface area (Å²) in [5, 5.41) is 14.1. The Labute approximate surface area is 138 Å². The van der Waals surface area contributed by atoms with E-state index in [2.05, 4.69) is 5.32 Å². The molecule has 1 amide bonds. The van der Waals surface area contributed by atoms with Gasteiger partial charge in [-0.3, -0.25) is 14.9 Å². The number of nitro benzene ring substituents is 1. The molecule has 2 aromatic rings. The van der Waals surface area contributed by atoms with E-state index in [1.165, 1.54) is 18.2 Å². The molecule has 0 aromatic heterocycles.